The molecule has 134 valence electrons. The summed E-state index contributed by atoms with van der Waals surface area (Å²) in [4.78, 5) is 17.4. The second-order valence-corrected chi connectivity index (χ2v) is 9.09. The number of thiazole rings is 1. The number of anilines is 1. The lowest BCUT2D eigenvalue weighted by atomic mass is 9.62. The molecular formula is C20H26N2O2S. The number of rotatable bonds is 3. The first-order valence-electron chi connectivity index (χ1n) is 8.67. The highest BCUT2D eigenvalue weighted by atomic mass is 32.1. The molecule has 5 heteroatoms. The monoisotopic (exact) mass is 358 g/mol. The molecule has 0 saturated heterocycles. The Hall–Kier alpha value is -1.72. The molecule has 2 atom stereocenters. The van der Waals surface area contributed by atoms with E-state index in [1.165, 1.54) is 11.3 Å². The summed E-state index contributed by atoms with van der Waals surface area (Å²) in [5, 5.41) is 12.0. The Morgan fingerprint density at radius 2 is 2.08 bits per heavy atom. The summed E-state index contributed by atoms with van der Waals surface area (Å²) in [6, 6.07) is 5.95. The molecule has 1 aliphatic carbocycles. The van der Waals surface area contributed by atoms with Crippen molar-refractivity contribution < 1.29 is 9.90 Å². The number of hydrogen-bond acceptors (Lipinski definition) is 5. The van der Waals surface area contributed by atoms with Gasteiger partial charge in [-0.25, -0.2) is 4.98 Å². The standard InChI is InChI=1S/C20H26N2O2S/c1-12-7-14(9-15(21)8-12)17-10-22-18(25-17)20(24)6-5-16(13(2)23)19(3,4)11-20/h7-10,16,24H,5-6,11,21H2,1-4H3/t16-,20-/m1/s1. The Labute approximate surface area is 153 Å². The van der Waals surface area contributed by atoms with Gasteiger partial charge in [-0.15, -0.1) is 11.3 Å². The number of nitrogens with two attached hydrogens (primary N) is 1. The van der Waals surface area contributed by atoms with Gasteiger partial charge in [-0.05, 0) is 61.8 Å². The van der Waals surface area contributed by atoms with E-state index in [9.17, 15) is 9.90 Å². The Kier molecular flexibility index (Phi) is 4.50. The summed E-state index contributed by atoms with van der Waals surface area (Å²) in [5.41, 5.74) is 7.61. The number of aromatic nitrogens is 1. The maximum atomic E-state index is 11.9. The number of carbonyl (C=O) groups is 1. The van der Waals surface area contributed by atoms with Gasteiger partial charge in [0.05, 0.1) is 4.88 Å². The van der Waals surface area contributed by atoms with Crippen LogP contribution in [0.4, 0.5) is 5.69 Å². The van der Waals surface area contributed by atoms with Crippen molar-refractivity contribution in [2.75, 3.05) is 5.73 Å². The van der Waals surface area contributed by atoms with Gasteiger partial charge in [0.2, 0.25) is 0 Å². The smallest absolute Gasteiger partial charge is 0.133 e. The lowest BCUT2D eigenvalue weighted by molar-refractivity contribution is -0.132. The van der Waals surface area contributed by atoms with Crippen LogP contribution in [0.3, 0.4) is 0 Å². The maximum Gasteiger partial charge on any atom is 0.133 e. The zero-order chi connectivity index (χ0) is 18.4. The number of nitrogen functional groups attached to an aromatic ring is 1. The molecule has 0 radical (unpaired) electrons. The van der Waals surface area contributed by atoms with Crippen LogP contribution in [0.15, 0.2) is 24.4 Å². The quantitative estimate of drug-likeness (QED) is 0.802. The molecule has 0 bridgehead atoms. The zero-order valence-corrected chi connectivity index (χ0v) is 16.1. The molecule has 1 aromatic heterocycles. The third-order valence-electron chi connectivity index (χ3n) is 5.32. The van der Waals surface area contributed by atoms with Gasteiger partial charge in [-0.3, -0.25) is 4.79 Å². The largest absolute Gasteiger partial charge is 0.399 e. The molecule has 0 amide bonds. The molecule has 1 heterocycles. The minimum atomic E-state index is -0.965. The number of Topliss-reactive ketones (excluding diaryl/α,β-unsaturated/α-hetero) is 1. The van der Waals surface area contributed by atoms with Crippen molar-refractivity contribution in [2.45, 2.75) is 52.6 Å². The minimum absolute atomic E-state index is 0.00350. The summed E-state index contributed by atoms with van der Waals surface area (Å²) in [5.74, 6) is 0.214. The van der Waals surface area contributed by atoms with E-state index >= 15 is 0 Å². The second kappa shape index (κ2) is 6.22. The zero-order valence-electron chi connectivity index (χ0n) is 15.3. The molecule has 1 fully saturated rings. The Morgan fingerprint density at radius 3 is 2.68 bits per heavy atom. The van der Waals surface area contributed by atoms with Gasteiger partial charge in [0, 0.05) is 17.8 Å². The Balaban J connectivity index is 1.90. The van der Waals surface area contributed by atoms with Crippen molar-refractivity contribution in [3.8, 4) is 10.4 Å². The van der Waals surface area contributed by atoms with E-state index in [1.54, 1.807) is 6.92 Å². The van der Waals surface area contributed by atoms with Gasteiger partial charge in [-0.1, -0.05) is 19.9 Å². The van der Waals surface area contributed by atoms with Crippen LogP contribution in [0.25, 0.3) is 10.4 Å². The average Bonchev–Trinajstić information content (AvgIpc) is 2.95. The summed E-state index contributed by atoms with van der Waals surface area (Å²) in [6.07, 6.45) is 3.64. The fourth-order valence-electron chi connectivity index (χ4n) is 4.25. The van der Waals surface area contributed by atoms with Gasteiger partial charge in [0.25, 0.3) is 0 Å². The van der Waals surface area contributed by atoms with Crippen LogP contribution in [0.2, 0.25) is 0 Å². The van der Waals surface area contributed by atoms with Gasteiger partial charge >= 0.3 is 0 Å². The third kappa shape index (κ3) is 3.48. The van der Waals surface area contributed by atoms with Crippen LogP contribution in [0.1, 0.15) is 50.6 Å². The fourth-order valence-corrected chi connectivity index (χ4v) is 5.27. The van der Waals surface area contributed by atoms with E-state index in [4.69, 9.17) is 5.73 Å². The predicted octanol–water partition coefficient (Wildman–Crippen LogP) is 4.30. The summed E-state index contributed by atoms with van der Waals surface area (Å²) in [7, 11) is 0. The van der Waals surface area contributed by atoms with Crippen LogP contribution in [0, 0.1) is 18.3 Å². The number of benzene rings is 1. The van der Waals surface area contributed by atoms with E-state index < -0.39 is 5.60 Å². The van der Waals surface area contributed by atoms with Gasteiger partial charge in [0.15, 0.2) is 0 Å². The predicted molar refractivity (Wildman–Crippen MR) is 102 cm³/mol. The molecule has 3 N–H and O–H groups in total. The topological polar surface area (TPSA) is 76.2 Å². The molecule has 0 spiro atoms. The van der Waals surface area contributed by atoms with Crippen LogP contribution in [-0.4, -0.2) is 15.9 Å². The third-order valence-corrected chi connectivity index (χ3v) is 6.56. The average molecular weight is 359 g/mol. The number of aryl methyl sites for hydroxylation is 1. The molecule has 1 saturated carbocycles. The van der Waals surface area contributed by atoms with E-state index in [2.05, 4.69) is 24.9 Å². The number of nitrogens with zero attached hydrogens (tertiary/aromatic N) is 1. The van der Waals surface area contributed by atoms with Crippen molar-refractivity contribution in [3.05, 3.63) is 35.0 Å². The van der Waals surface area contributed by atoms with E-state index in [0.717, 1.165) is 26.7 Å². The summed E-state index contributed by atoms with van der Waals surface area (Å²) in [6.45, 7) is 7.80. The van der Waals surface area contributed by atoms with Crippen molar-refractivity contribution in [1.82, 2.24) is 4.98 Å². The molecule has 4 nitrogen and oxygen atoms in total. The highest BCUT2D eigenvalue weighted by Crippen LogP contribution is 2.51. The number of hydrogen-bond donors (Lipinski definition) is 2. The SMILES string of the molecule is CC(=O)[C@H]1CC[C@](O)(c2ncc(-c3cc(C)cc(N)c3)s2)CC1(C)C. The molecular weight excluding hydrogens is 332 g/mol. The molecule has 2 aromatic rings. The van der Waals surface area contributed by atoms with Crippen molar-refractivity contribution >= 4 is 22.8 Å². The van der Waals surface area contributed by atoms with Crippen molar-refractivity contribution in [1.29, 1.82) is 0 Å². The van der Waals surface area contributed by atoms with Crippen LogP contribution >= 0.6 is 11.3 Å². The number of aliphatic hydroxyl groups is 1. The van der Waals surface area contributed by atoms with E-state index in [-0.39, 0.29) is 17.1 Å². The van der Waals surface area contributed by atoms with Gasteiger partial charge in [0.1, 0.15) is 16.4 Å². The van der Waals surface area contributed by atoms with Crippen molar-refractivity contribution in [2.24, 2.45) is 11.3 Å². The van der Waals surface area contributed by atoms with E-state index in [1.807, 2.05) is 25.3 Å². The van der Waals surface area contributed by atoms with Crippen molar-refractivity contribution in [3.63, 3.8) is 0 Å². The van der Waals surface area contributed by atoms with Crippen LogP contribution in [-0.2, 0) is 10.4 Å². The lowest BCUT2D eigenvalue weighted by Gasteiger charge is -2.45. The minimum Gasteiger partial charge on any atom is -0.399 e. The van der Waals surface area contributed by atoms with Crippen LogP contribution in [0.5, 0.6) is 0 Å². The first-order chi connectivity index (χ1) is 11.6. The second-order valence-electron chi connectivity index (χ2n) is 8.06. The normalized spacial score (nSPS) is 25.7. The number of carbonyl (C=O) groups excluding carboxylic acids is 1. The molecule has 1 aliphatic rings. The summed E-state index contributed by atoms with van der Waals surface area (Å²) < 4.78 is 0. The van der Waals surface area contributed by atoms with Crippen LogP contribution < -0.4 is 5.73 Å². The molecule has 0 aliphatic heterocycles. The first-order valence-corrected chi connectivity index (χ1v) is 9.49. The maximum absolute atomic E-state index is 11.9. The number of ketones is 1. The molecule has 3 rings (SSSR count). The van der Waals surface area contributed by atoms with Gasteiger partial charge < -0.3 is 10.8 Å². The Morgan fingerprint density at radius 1 is 1.36 bits per heavy atom. The van der Waals surface area contributed by atoms with Gasteiger partial charge in [-0.2, -0.15) is 0 Å². The molecule has 0 unspecified atom stereocenters. The Bertz CT molecular complexity index is 792. The molecule has 25 heavy (non-hydrogen) atoms. The highest BCUT2D eigenvalue weighted by molar-refractivity contribution is 7.15. The first kappa shape index (κ1) is 18.1. The highest BCUT2D eigenvalue weighted by Gasteiger charge is 2.48. The fraction of sp³-hybridized carbons (Fsp3) is 0.500. The van der Waals surface area contributed by atoms with E-state index in [0.29, 0.717) is 19.3 Å². The lowest BCUT2D eigenvalue weighted by Crippen LogP contribution is -2.44. The molecule has 1 aromatic carbocycles. The summed E-state index contributed by atoms with van der Waals surface area (Å²) >= 11 is 1.52.